The zero-order valence-corrected chi connectivity index (χ0v) is 29.2. The number of carbonyl (C=O) groups is 3. The maximum Gasteiger partial charge on any atom is 0.320 e. The molecule has 0 spiro atoms. The number of hydrogen-bond acceptors (Lipinski definition) is 8. The predicted octanol–water partition coefficient (Wildman–Crippen LogP) is 5.78. The molecular weight excluding hydrogens is 570 g/mol. The molecule has 0 bridgehead atoms. The van der Waals surface area contributed by atoms with Crippen molar-refractivity contribution < 1.29 is 48.7 Å². The van der Waals surface area contributed by atoms with Crippen LogP contribution in [0.5, 0.6) is 0 Å². The molecule has 44 heavy (non-hydrogen) atoms. The maximum atomic E-state index is 11.0. The molecule has 4 N–H and O–H groups in total. The summed E-state index contributed by atoms with van der Waals surface area (Å²) < 4.78 is 20.1. The topological polar surface area (TPSA) is 161 Å². The van der Waals surface area contributed by atoms with Crippen molar-refractivity contribution in [1.82, 2.24) is 5.32 Å². The third kappa shape index (κ3) is 55.6. The van der Waals surface area contributed by atoms with Crippen molar-refractivity contribution in [3.8, 4) is 0 Å². The van der Waals surface area contributed by atoms with Gasteiger partial charge in [0.2, 0.25) is 0 Å². The fourth-order valence-electron chi connectivity index (χ4n) is 2.71. The van der Waals surface area contributed by atoms with Gasteiger partial charge in [0.05, 0.1) is 45.9 Å². The van der Waals surface area contributed by atoms with E-state index in [0.717, 1.165) is 13.0 Å². The standard InChI is InChI=1S/C12H25NO4.C7H16O2.2C7H12O2/c1-10(2)4-5-11(12(14)15)13-6-7-17-9-8-16-3;1-7(2)6-9-5-4-8-3;2*1-6(2)4-3-5-7(8)9/h10-11,13H,4-9H2,1-3H3,(H,14,15);7H,4-6H2,1-3H3;2*3-4,6H,5H2,1-2H3,(H,8,9)/b;;4-3+;4-3-. The highest BCUT2D eigenvalue weighted by atomic mass is 16.5. The molecule has 0 aromatic rings. The summed E-state index contributed by atoms with van der Waals surface area (Å²) in [5.74, 6) is -0.284. The number of rotatable bonds is 22. The monoisotopic (exact) mass is 635 g/mol. The Bertz CT molecular complexity index is 677. The maximum absolute atomic E-state index is 11.0. The Kier molecular flexibility index (Phi) is 40.7. The number of allylic oxidation sites excluding steroid dienone is 2. The third-order valence-corrected chi connectivity index (χ3v) is 4.91. The van der Waals surface area contributed by atoms with E-state index < -0.39 is 23.9 Å². The number of ether oxygens (including phenoxy) is 4. The van der Waals surface area contributed by atoms with Crippen LogP contribution >= 0.6 is 0 Å². The second kappa shape index (κ2) is 36.9. The van der Waals surface area contributed by atoms with E-state index in [9.17, 15) is 14.4 Å². The van der Waals surface area contributed by atoms with Crippen LogP contribution in [-0.4, -0.2) is 99.7 Å². The lowest BCUT2D eigenvalue weighted by atomic mass is 10.0. The summed E-state index contributed by atoms with van der Waals surface area (Å²) in [5, 5.41) is 28.3. The summed E-state index contributed by atoms with van der Waals surface area (Å²) in [7, 11) is 3.30. The molecule has 0 fully saturated rings. The molecule has 1 atom stereocenters. The lowest BCUT2D eigenvalue weighted by Crippen LogP contribution is -2.38. The first-order chi connectivity index (χ1) is 20.6. The Labute approximate surface area is 267 Å². The first-order valence-corrected chi connectivity index (χ1v) is 15.5. The first kappa shape index (κ1) is 48.6. The molecule has 0 heterocycles. The summed E-state index contributed by atoms with van der Waals surface area (Å²) in [6.45, 7) is 20.9. The van der Waals surface area contributed by atoms with Crippen LogP contribution in [0.2, 0.25) is 0 Å². The highest BCUT2D eigenvalue weighted by molar-refractivity contribution is 5.73. The van der Waals surface area contributed by atoms with Crippen molar-refractivity contribution >= 4 is 17.9 Å². The Morgan fingerprint density at radius 1 is 0.636 bits per heavy atom. The van der Waals surface area contributed by atoms with Crippen molar-refractivity contribution in [3.05, 3.63) is 24.3 Å². The highest BCUT2D eigenvalue weighted by Gasteiger charge is 2.16. The van der Waals surface area contributed by atoms with E-state index >= 15 is 0 Å². The van der Waals surface area contributed by atoms with Gasteiger partial charge in [-0.3, -0.25) is 14.4 Å². The second-order valence-electron chi connectivity index (χ2n) is 11.4. The van der Waals surface area contributed by atoms with Gasteiger partial charge in [-0.15, -0.1) is 0 Å². The number of nitrogens with one attached hydrogen (secondary N) is 1. The SMILES string of the molecule is CC(C)/C=C/CC(=O)O.CC(C)/C=C\CC(=O)O.COCCOCC(C)C.COCCOCCNC(CCC(C)C)C(=O)O. The third-order valence-electron chi connectivity index (χ3n) is 4.91. The quantitative estimate of drug-likeness (QED) is 0.0843. The van der Waals surface area contributed by atoms with Gasteiger partial charge in [0.25, 0.3) is 0 Å². The van der Waals surface area contributed by atoms with Crippen molar-refractivity contribution in [2.24, 2.45) is 23.7 Å². The first-order valence-electron chi connectivity index (χ1n) is 15.5. The van der Waals surface area contributed by atoms with Gasteiger partial charge < -0.3 is 39.6 Å². The number of hydrogen-bond donors (Lipinski definition) is 4. The Morgan fingerprint density at radius 3 is 1.43 bits per heavy atom. The number of carboxylic acids is 3. The van der Waals surface area contributed by atoms with E-state index in [4.69, 9.17) is 34.3 Å². The summed E-state index contributed by atoms with van der Waals surface area (Å²) in [6.07, 6.45) is 8.96. The average molecular weight is 636 g/mol. The van der Waals surface area contributed by atoms with Crippen LogP contribution < -0.4 is 5.32 Å². The lowest BCUT2D eigenvalue weighted by Gasteiger charge is -2.15. The van der Waals surface area contributed by atoms with E-state index in [1.807, 2.05) is 39.8 Å². The smallest absolute Gasteiger partial charge is 0.320 e. The van der Waals surface area contributed by atoms with Crippen molar-refractivity contribution in [2.75, 3.05) is 60.4 Å². The van der Waals surface area contributed by atoms with E-state index in [2.05, 4.69) is 33.0 Å². The lowest BCUT2D eigenvalue weighted by molar-refractivity contribution is -0.140. The van der Waals surface area contributed by atoms with Crippen molar-refractivity contribution in [2.45, 2.75) is 87.1 Å². The highest BCUT2D eigenvalue weighted by Crippen LogP contribution is 2.07. The summed E-state index contributed by atoms with van der Waals surface area (Å²) in [5.41, 5.74) is 0. The van der Waals surface area contributed by atoms with E-state index in [1.54, 1.807) is 26.4 Å². The van der Waals surface area contributed by atoms with Crippen LogP contribution in [-0.2, 0) is 33.3 Å². The summed E-state index contributed by atoms with van der Waals surface area (Å²) >= 11 is 0. The van der Waals surface area contributed by atoms with Crippen molar-refractivity contribution in [1.29, 1.82) is 0 Å². The molecule has 0 aromatic carbocycles. The molecule has 0 aromatic heterocycles. The van der Waals surface area contributed by atoms with Gasteiger partial charge >= 0.3 is 17.9 Å². The van der Waals surface area contributed by atoms with Crippen LogP contribution in [0, 0.1) is 23.7 Å². The van der Waals surface area contributed by atoms with Gasteiger partial charge in [-0.05, 0) is 36.5 Å². The van der Waals surface area contributed by atoms with Crippen LogP contribution in [0.1, 0.15) is 81.1 Å². The molecule has 0 saturated carbocycles. The van der Waals surface area contributed by atoms with Crippen LogP contribution in [0.4, 0.5) is 0 Å². The molecule has 262 valence electrons. The molecule has 0 aliphatic heterocycles. The van der Waals surface area contributed by atoms with Crippen molar-refractivity contribution in [3.63, 3.8) is 0 Å². The molecule has 11 heteroatoms. The molecule has 0 amide bonds. The molecule has 0 saturated heterocycles. The van der Waals surface area contributed by atoms with Gasteiger partial charge in [-0.2, -0.15) is 0 Å². The molecular formula is C33H65NO10. The average Bonchev–Trinajstić information content (AvgIpc) is 2.90. The van der Waals surface area contributed by atoms with E-state index in [-0.39, 0.29) is 12.8 Å². The number of carboxylic acid groups (broad SMARTS) is 3. The van der Waals surface area contributed by atoms with Crippen LogP contribution in [0.15, 0.2) is 24.3 Å². The Hall–Kier alpha value is -2.31. The molecule has 0 radical (unpaired) electrons. The van der Waals surface area contributed by atoms with Gasteiger partial charge in [0.15, 0.2) is 0 Å². The largest absolute Gasteiger partial charge is 0.481 e. The zero-order valence-electron chi connectivity index (χ0n) is 29.2. The summed E-state index contributed by atoms with van der Waals surface area (Å²) in [6, 6.07) is -0.469. The minimum absolute atomic E-state index is 0.137. The summed E-state index contributed by atoms with van der Waals surface area (Å²) in [4.78, 5) is 30.8. The fourth-order valence-corrected chi connectivity index (χ4v) is 2.71. The zero-order chi connectivity index (χ0) is 34.8. The van der Waals surface area contributed by atoms with Gasteiger partial charge in [0.1, 0.15) is 6.04 Å². The fraction of sp³-hybridized carbons (Fsp3) is 0.788. The van der Waals surface area contributed by atoms with Crippen LogP contribution in [0.3, 0.4) is 0 Å². The number of aliphatic carboxylic acids is 3. The second-order valence-corrected chi connectivity index (χ2v) is 11.4. The molecule has 0 aliphatic carbocycles. The molecule has 11 nitrogen and oxygen atoms in total. The Morgan fingerprint density at radius 2 is 1.09 bits per heavy atom. The van der Waals surface area contributed by atoms with Gasteiger partial charge in [0, 0.05) is 27.4 Å². The predicted molar refractivity (Wildman–Crippen MR) is 176 cm³/mol. The van der Waals surface area contributed by atoms with E-state index in [1.165, 1.54) is 0 Å². The van der Waals surface area contributed by atoms with Gasteiger partial charge in [-0.1, -0.05) is 79.7 Å². The normalized spacial score (nSPS) is 11.7. The van der Waals surface area contributed by atoms with E-state index in [0.29, 0.717) is 69.7 Å². The molecule has 1 unspecified atom stereocenters. The minimum Gasteiger partial charge on any atom is -0.481 e. The molecule has 0 rings (SSSR count). The number of methoxy groups -OCH3 is 2. The van der Waals surface area contributed by atoms with Crippen LogP contribution in [0.25, 0.3) is 0 Å². The Balaban J connectivity index is -0.000000256. The minimum atomic E-state index is -0.789. The van der Waals surface area contributed by atoms with Gasteiger partial charge in [-0.25, -0.2) is 0 Å². The molecule has 0 aliphatic rings.